The molecule has 2 aliphatic rings. The summed E-state index contributed by atoms with van der Waals surface area (Å²) in [6, 6.07) is -0.642. The highest BCUT2D eigenvalue weighted by atomic mass is 32.2. The van der Waals surface area contributed by atoms with Crippen molar-refractivity contribution >= 4 is 52.9 Å². The van der Waals surface area contributed by atoms with Crippen molar-refractivity contribution in [3.8, 4) is 0 Å². The molecule has 0 aromatic carbocycles. The maximum atomic E-state index is 12.6. The number of fused-ring (bicyclic) bond motifs is 1. The summed E-state index contributed by atoms with van der Waals surface area (Å²) in [6.45, 7) is 8.14. The fourth-order valence-corrected chi connectivity index (χ4v) is 5.40. The topological polar surface area (TPSA) is 125 Å². The molecule has 13 heteroatoms. The first-order valence-corrected chi connectivity index (χ1v) is 11.0. The summed E-state index contributed by atoms with van der Waals surface area (Å²) in [5, 5.41) is 16.5. The van der Waals surface area contributed by atoms with Crippen LogP contribution in [0.25, 0.3) is 4.85 Å². The van der Waals surface area contributed by atoms with E-state index < -0.39 is 6.04 Å². The number of rotatable bonds is 8. The van der Waals surface area contributed by atoms with Crippen LogP contribution in [0.4, 0.5) is 0 Å². The van der Waals surface area contributed by atoms with E-state index in [4.69, 9.17) is 6.57 Å². The molecule has 1 aromatic rings. The Hall–Kier alpha value is -2.04. The summed E-state index contributed by atoms with van der Waals surface area (Å²) in [5.41, 5.74) is 1.23. The molecule has 2 amide bonds. The van der Waals surface area contributed by atoms with Gasteiger partial charge in [-0.25, -0.2) is 6.57 Å². The van der Waals surface area contributed by atoms with Gasteiger partial charge in [0.25, 0.3) is 11.8 Å². The molecule has 1 aromatic heterocycles. The Morgan fingerprint density at radius 2 is 2.33 bits per heavy atom. The summed E-state index contributed by atoms with van der Waals surface area (Å²) < 4.78 is 0. The second-order valence-corrected chi connectivity index (χ2v) is 8.58. The van der Waals surface area contributed by atoms with Crippen molar-refractivity contribution in [1.82, 2.24) is 30.8 Å². The normalized spacial score (nSPS) is 21.3. The lowest BCUT2D eigenvalue weighted by molar-refractivity contribution is -0.147. The maximum absolute atomic E-state index is 12.6. The average Bonchev–Trinajstić information content (AvgIpc) is 3.17. The number of nitrogens with one attached hydrogen (secondary N) is 2. The van der Waals surface area contributed by atoms with Crippen LogP contribution in [-0.2, 0) is 14.4 Å². The second kappa shape index (κ2) is 8.77. The number of amides is 2. The van der Waals surface area contributed by atoms with E-state index in [1.807, 2.05) is 0 Å². The maximum Gasteiger partial charge on any atom is 0.260 e. The molecule has 0 spiro atoms. The summed E-state index contributed by atoms with van der Waals surface area (Å²) in [6.07, 6.45) is 0. The van der Waals surface area contributed by atoms with Gasteiger partial charge in [0.1, 0.15) is 11.4 Å². The molecule has 27 heavy (non-hydrogen) atoms. The molecular weight excluding hydrogens is 410 g/mol. The molecule has 0 radical (unpaired) electrons. The fraction of sp³-hybridized carbons (Fsp3) is 0.500. The van der Waals surface area contributed by atoms with Gasteiger partial charge < -0.3 is 10.2 Å². The van der Waals surface area contributed by atoms with Crippen molar-refractivity contribution in [1.29, 1.82) is 0 Å². The molecule has 0 bridgehead atoms. The van der Waals surface area contributed by atoms with Gasteiger partial charge in [0.2, 0.25) is 11.1 Å². The predicted molar refractivity (Wildman–Crippen MR) is 102 cm³/mol. The number of nitrogens with zero attached hydrogens (tertiary/aromatic N) is 5. The van der Waals surface area contributed by atoms with E-state index in [1.165, 1.54) is 47.1 Å². The van der Waals surface area contributed by atoms with Gasteiger partial charge in [-0.3, -0.25) is 19.3 Å². The second-order valence-electron chi connectivity index (χ2n) is 5.58. The number of H-pyrrole nitrogens is 1. The monoisotopic (exact) mass is 425 g/mol. The highest BCUT2D eigenvalue weighted by Gasteiger charge is 2.53. The SMILES string of the molecule is [C-]#[N+]CSCC(=O)NC1C(=O)N2C(C(C)=O)=C(CSc3nn[nH]n3)CSC12. The number of ketones is 1. The number of carbonyl (C=O) groups is 3. The van der Waals surface area contributed by atoms with Crippen LogP contribution in [0.3, 0.4) is 0 Å². The van der Waals surface area contributed by atoms with Gasteiger partial charge >= 0.3 is 0 Å². The molecular formula is C14H15N7O3S3. The van der Waals surface area contributed by atoms with Crippen LogP contribution in [0.2, 0.25) is 0 Å². The highest BCUT2D eigenvalue weighted by Crippen LogP contribution is 2.41. The molecule has 1 fully saturated rings. The van der Waals surface area contributed by atoms with Gasteiger partial charge in [0.15, 0.2) is 5.78 Å². The third kappa shape index (κ3) is 4.28. The standard InChI is InChI=1S/C14H15N7O3S3/c1-7(22)11-8(4-27-14-17-19-20-18-14)3-26-13-10(12(24)21(11)13)16-9(23)5-25-6-15-2/h10,13H,3-6H2,1H3,(H,16,23)(H,17,18,19,20). The zero-order valence-electron chi connectivity index (χ0n) is 14.2. The third-order valence-corrected chi connectivity index (χ3v) is 6.83. The quantitative estimate of drug-likeness (QED) is 0.259. The fourth-order valence-electron chi connectivity index (χ4n) is 2.72. The van der Waals surface area contributed by atoms with Crippen molar-refractivity contribution < 1.29 is 14.4 Å². The highest BCUT2D eigenvalue weighted by molar-refractivity contribution is 8.01. The van der Waals surface area contributed by atoms with Crippen LogP contribution in [0.1, 0.15) is 6.92 Å². The van der Waals surface area contributed by atoms with E-state index in [1.54, 1.807) is 0 Å². The molecule has 0 aliphatic carbocycles. The van der Waals surface area contributed by atoms with Crippen LogP contribution < -0.4 is 5.32 Å². The number of aromatic amines is 1. The Bertz CT molecular complexity index is 820. The first kappa shape index (κ1) is 19.7. The summed E-state index contributed by atoms with van der Waals surface area (Å²) in [5.74, 6) is 0.627. The van der Waals surface area contributed by atoms with E-state index in [2.05, 4.69) is 30.8 Å². The number of Topliss-reactive ketones (excluding diaryl/α,β-unsaturated/α-hetero) is 1. The molecule has 2 aliphatic heterocycles. The molecule has 2 N–H and O–H groups in total. The molecule has 3 rings (SSSR count). The van der Waals surface area contributed by atoms with Crippen molar-refractivity contribution in [2.45, 2.75) is 23.5 Å². The first-order chi connectivity index (χ1) is 13.0. The molecule has 0 saturated carbocycles. The Morgan fingerprint density at radius 1 is 1.52 bits per heavy atom. The molecule has 10 nitrogen and oxygen atoms in total. The predicted octanol–water partition coefficient (Wildman–Crippen LogP) is 0.145. The number of β-lactam (4-membered cyclic amide) rings is 1. The van der Waals surface area contributed by atoms with Crippen LogP contribution in [0.5, 0.6) is 0 Å². The number of tetrazole rings is 1. The molecule has 2 atom stereocenters. The van der Waals surface area contributed by atoms with E-state index in [-0.39, 0.29) is 34.6 Å². The Morgan fingerprint density at radius 3 is 3.00 bits per heavy atom. The number of allylic oxidation sites excluding steroid dienone is 1. The minimum absolute atomic E-state index is 0.130. The zero-order valence-corrected chi connectivity index (χ0v) is 16.6. The van der Waals surface area contributed by atoms with Crippen molar-refractivity contribution in [2.24, 2.45) is 0 Å². The third-order valence-electron chi connectivity index (χ3n) is 3.79. The molecule has 142 valence electrons. The Balaban J connectivity index is 1.66. The minimum atomic E-state index is -0.642. The van der Waals surface area contributed by atoms with Crippen LogP contribution in [-0.4, -0.2) is 77.7 Å². The number of aromatic nitrogens is 4. The number of hydrogen-bond donors (Lipinski definition) is 2. The summed E-state index contributed by atoms with van der Waals surface area (Å²) in [7, 11) is 0. The first-order valence-electron chi connectivity index (χ1n) is 7.77. The lowest BCUT2D eigenvalue weighted by Crippen LogP contribution is -2.70. The molecule has 3 heterocycles. The smallest absolute Gasteiger partial charge is 0.260 e. The van der Waals surface area contributed by atoms with Crippen LogP contribution in [0, 0.1) is 6.57 Å². The van der Waals surface area contributed by atoms with Gasteiger partial charge in [-0.15, -0.1) is 22.0 Å². The lowest BCUT2D eigenvalue weighted by atomic mass is 10.0. The van der Waals surface area contributed by atoms with E-state index in [0.717, 1.165) is 5.57 Å². The van der Waals surface area contributed by atoms with Crippen molar-refractivity contribution in [2.75, 3.05) is 23.1 Å². The Labute approximate surface area is 167 Å². The lowest BCUT2D eigenvalue weighted by Gasteiger charge is -2.50. The summed E-state index contributed by atoms with van der Waals surface area (Å²) in [4.78, 5) is 41.3. The van der Waals surface area contributed by atoms with Crippen molar-refractivity contribution in [3.05, 3.63) is 22.7 Å². The van der Waals surface area contributed by atoms with Crippen molar-refractivity contribution in [3.63, 3.8) is 0 Å². The number of thioether (sulfide) groups is 3. The van der Waals surface area contributed by atoms with Crippen LogP contribution >= 0.6 is 35.3 Å². The summed E-state index contributed by atoms with van der Waals surface area (Å²) >= 11 is 4.04. The van der Waals surface area contributed by atoms with Gasteiger partial charge in [0, 0.05) is 18.4 Å². The zero-order chi connectivity index (χ0) is 19.4. The van der Waals surface area contributed by atoms with Gasteiger partial charge in [-0.1, -0.05) is 23.5 Å². The van der Waals surface area contributed by atoms with Crippen LogP contribution in [0.15, 0.2) is 16.4 Å². The average molecular weight is 426 g/mol. The van der Waals surface area contributed by atoms with Gasteiger partial charge in [-0.05, 0) is 10.8 Å². The van der Waals surface area contributed by atoms with E-state index in [0.29, 0.717) is 22.4 Å². The number of hydrogen-bond acceptors (Lipinski definition) is 9. The molecule has 2 unspecified atom stereocenters. The Kier molecular flexibility index (Phi) is 6.40. The van der Waals surface area contributed by atoms with Gasteiger partial charge in [0.05, 0.1) is 11.4 Å². The molecule has 1 saturated heterocycles. The van der Waals surface area contributed by atoms with E-state index in [9.17, 15) is 14.4 Å². The largest absolute Gasteiger partial charge is 0.341 e. The van der Waals surface area contributed by atoms with E-state index >= 15 is 0 Å². The minimum Gasteiger partial charge on any atom is -0.341 e. The van der Waals surface area contributed by atoms with Gasteiger partial charge in [-0.2, -0.15) is 5.21 Å². The number of carbonyl (C=O) groups excluding carboxylic acids is 3.